The van der Waals surface area contributed by atoms with Gasteiger partial charge in [0, 0.05) is 0 Å². The second-order valence-corrected chi connectivity index (χ2v) is 4.46. The molecule has 0 aliphatic heterocycles. The summed E-state index contributed by atoms with van der Waals surface area (Å²) in [4.78, 5) is 14.9. The van der Waals surface area contributed by atoms with Crippen molar-refractivity contribution in [2.24, 2.45) is 0 Å². The highest BCUT2D eigenvalue weighted by Crippen LogP contribution is 2.30. The number of carbonyl (C=O) groups excluding carboxylic acids is 1. The second-order valence-electron chi connectivity index (χ2n) is 2.50. The van der Waals surface area contributed by atoms with E-state index in [9.17, 15) is 9.18 Å². The van der Waals surface area contributed by atoms with E-state index in [4.69, 9.17) is 28.6 Å². The van der Waals surface area contributed by atoms with Crippen molar-refractivity contribution in [2.75, 3.05) is 0 Å². The molecule has 1 rings (SSSR count). The molecule has 0 saturated carbocycles. The van der Waals surface area contributed by atoms with Crippen molar-refractivity contribution in [3.8, 4) is 0 Å². The number of aromatic nitrogens is 1. The molecule has 2 N–H and O–H groups in total. The molecule has 1 aromatic rings. The third kappa shape index (κ3) is 2.85. The molecular formula is C7H3BrCl2FN3OS. The summed E-state index contributed by atoms with van der Waals surface area (Å²) in [7, 11) is 0. The number of nitrogens with one attached hydrogen (secondary N) is 2. The summed E-state index contributed by atoms with van der Waals surface area (Å²) in [5.41, 5.74) is -0.248. The minimum Gasteiger partial charge on any atom is -0.302 e. The van der Waals surface area contributed by atoms with E-state index in [0.29, 0.717) is 0 Å². The van der Waals surface area contributed by atoms with Crippen molar-refractivity contribution in [1.82, 2.24) is 10.3 Å². The fourth-order valence-electron chi connectivity index (χ4n) is 0.845. The highest BCUT2D eigenvalue weighted by molar-refractivity contribution is 9.10. The molecule has 4 nitrogen and oxygen atoms in total. The molecule has 0 saturated heterocycles. The summed E-state index contributed by atoms with van der Waals surface area (Å²) in [6.45, 7) is 0. The molecule has 9 heteroatoms. The van der Waals surface area contributed by atoms with Crippen LogP contribution in [0.25, 0.3) is 0 Å². The predicted molar refractivity (Wildman–Crippen MR) is 66.1 cm³/mol. The first kappa shape index (κ1) is 13.7. The summed E-state index contributed by atoms with van der Waals surface area (Å²) in [5, 5.41) is 7.85. The average molecular weight is 347 g/mol. The lowest BCUT2D eigenvalue weighted by atomic mass is 10.2. The number of amidine groups is 1. The Morgan fingerprint density at radius 3 is 2.56 bits per heavy atom. The van der Waals surface area contributed by atoms with E-state index < -0.39 is 22.0 Å². The van der Waals surface area contributed by atoms with Gasteiger partial charge in [0.05, 0.1) is 10.0 Å². The summed E-state index contributed by atoms with van der Waals surface area (Å²) in [6.07, 6.45) is 0. The number of halogens is 4. The molecule has 0 bridgehead atoms. The Kier molecular flexibility index (Phi) is 4.54. The van der Waals surface area contributed by atoms with Crippen molar-refractivity contribution < 1.29 is 9.18 Å². The standard InChI is InChI=1S/C7H3BrCl2FN3OS/c8-2-1(6(15)14-7(12)16)4(9)13-5(10)3(2)11/h(H3,12,14,15,16). The van der Waals surface area contributed by atoms with Crippen LogP contribution in [0, 0.1) is 11.2 Å². The Morgan fingerprint density at radius 2 is 2.06 bits per heavy atom. The van der Waals surface area contributed by atoms with Crippen LogP contribution in [-0.4, -0.2) is 16.1 Å². The third-order valence-corrected chi connectivity index (χ3v) is 2.84. The molecule has 86 valence electrons. The van der Waals surface area contributed by atoms with Crippen LogP contribution in [0.4, 0.5) is 4.39 Å². The first-order valence-electron chi connectivity index (χ1n) is 3.63. The van der Waals surface area contributed by atoms with Gasteiger partial charge in [-0.05, 0) is 15.9 Å². The maximum Gasteiger partial charge on any atom is 0.261 e. The zero-order valence-electron chi connectivity index (χ0n) is 7.31. The zero-order valence-corrected chi connectivity index (χ0v) is 11.3. The van der Waals surface area contributed by atoms with Crippen molar-refractivity contribution in [3.05, 3.63) is 26.2 Å². The van der Waals surface area contributed by atoms with Crippen LogP contribution in [0.15, 0.2) is 4.47 Å². The molecule has 0 spiro atoms. The van der Waals surface area contributed by atoms with E-state index in [1.54, 1.807) is 0 Å². The largest absolute Gasteiger partial charge is 0.302 e. The zero-order chi connectivity index (χ0) is 12.5. The van der Waals surface area contributed by atoms with Crippen LogP contribution in [0.2, 0.25) is 10.3 Å². The Labute approximate surface area is 114 Å². The molecular weight excluding hydrogens is 344 g/mol. The van der Waals surface area contributed by atoms with Gasteiger partial charge in [-0.2, -0.15) is 0 Å². The van der Waals surface area contributed by atoms with Gasteiger partial charge in [0.15, 0.2) is 16.1 Å². The molecule has 0 fully saturated rings. The highest BCUT2D eigenvalue weighted by Gasteiger charge is 2.22. The lowest BCUT2D eigenvalue weighted by Gasteiger charge is -2.07. The van der Waals surface area contributed by atoms with Crippen molar-refractivity contribution in [2.45, 2.75) is 0 Å². The molecule has 1 amide bonds. The third-order valence-electron chi connectivity index (χ3n) is 1.45. The molecule has 0 radical (unpaired) electrons. The summed E-state index contributed by atoms with van der Waals surface area (Å²) >= 11 is 17.4. The molecule has 0 aliphatic rings. The maximum absolute atomic E-state index is 13.3. The fraction of sp³-hybridized carbons (Fsp3) is 0. The number of rotatable bonds is 1. The number of pyridine rings is 1. The van der Waals surface area contributed by atoms with Crippen LogP contribution in [0.3, 0.4) is 0 Å². The monoisotopic (exact) mass is 345 g/mol. The molecule has 1 aromatic heterocycles. The topological polar surface area (TPSA) is 65.8 Å². The average Bonchev–Trinajstić information content (AvgIpc) is 2.13. The molecule has 16 heavy (non-hydrogen) atoms. The van der Waals surface area contributed by atoms with E-state index >= 15 is 0 Å². The van der Waals surface area contributed by atoms with E-state index in [-0.39, 0.29) is 15.2 Å². The van der Waals surface area contributed by atoms with Crippen LogP contribution >= 0.6 is 51.8 Å². The van der Waals surface area contributed by atoms with E-state index in [1.807, 2.05) is 5.32 Å². The van der Waals surface area contributed by atoms with Crippen molar-refractivity contribution >= 4 is 62.8 Å². The predicted octanol–water partition coefficient (Wildman–Crippen LogP) is 2.88. The van der Waals surface area contributed by atoms with E-state index in [1.165, 1.54) is 0 Å². The Hall–Kier alpha value is -0.370. The second kappa shape index (κ2) is 5.31. The van der Waals surface area contributed by atoms with Crippen LogP contribution in [0.5, 0.6) is 0 Å². The maximum atomic E-state index is 13.3. The van der Waals surface area contributed by atoms with E-state index in [2.05, 4.69) is 33.5 Å². The van der Waals surface area contributed by atoms with Gasteiger partial charge in [0.25, 0.3) is 5.91 Å². The van der Waals surface area contributed by atoms with Crippen LogP contribution in [0.1, 0.15) is 10.4 Å². The molecule has 0 aliphatic carbocycles. The summed E-state index contributed by atoms with van der Waals surface area (Å²) in [6, 6.07) is 0. The van der Waals surface area contributed by atoms with Gasteiger partial charge in [0.1, 0.15) is 5.15 Å². The minimum absolute atomic E-state index is 0.218. The normalized spacial score (nSPS) is 10.1. The highest BCUT2D eigenvalue weighted by atomic mass is 79.9. The van der Waals surface area contributed by atoms with Crippen molar-refractivity contribution in [3.63, 3.8) is 0 Å². The van der Waals surface area contributed by atoms with Crippen molar-refractivity contribution in [1.29, 1.82) is 5.41 Å². The Morgan fingerprint density at radius 1 is 1.50 bits per heavy atom. The number of carbonyl (C=O) groups is 1. The summed E-state index contributed by atoms with van der Waals surface area (Å²) in [5.74, 6) is -1.71. The van der Waals surface area contributed by atoms with Gasteiger partial charge in [-0.3, -0.25) is 10.2 Å². The number of amides is 1. The van der Waals surface area contributed by atoms with Gasteiger partial charge in [-0.1, -0.05) is 23.2 Å². The molecule has 0 atom stereocenters. The lowest BCUT2D eigenvalue weighted by Crippen LogP contribution is -2.27. The quantitative estimate of drug-likeness (QED) is 0.317. The van der Waals surface area contributed by atoms with Crippen LogP contribution < -0.4 is 5.32 Å². The van der Waals surface area contributed by atoms with Gasteiger partial charge >= 0.3 is 0 Å². The van der Waals surface area contributed by atoms with Gasteiger partial charge < -0.3 is 5.32 Å². The SMILES string of the molecule is N=C(S)NC(=O)c1c(Cl)nc(Cl)c(F)c1Br. The first-order valence-corrected chi connectivity index (χ1v) is 5.63. The summed E-state index contributed by atoms with van der Waals surface area (Å²) < 4.78 is 13.1. The smallest absolute Gasteiger partial charge is 0.261 e. The van der Waals surface area contributed by atoms with Crippen LogP contribution in [-0.2, 0) is 0 Å². The Bertz CT molecular complexity index is 485. The number of hydrogen-bond acceptors (Lipinski definition) is 3. The molecule has 0 unspecified atom stereocenters. The number of nitrogens with zero attached hydrogens (tertiary/aromatic N) is 1. The van der Waals surface area contributed by atoms with Gasteiger partial charge in [-0.15, -0.1) is 12.6 Å². The van der Waals surface area contributed by atoms with Gasteiger partial charge in [-0.25, -0.2) is 9.37 Å². The fourth-order valence-corrected chi connectivity index (χ4v) is 2.22. The first-order chi connectivity index (χ1) is 7.34. The lowest BCUT2D eigenvalue weighted by molar-refractivity contribution is 0.0976. The minimum atomic E-state index is -0.901. The number of thiol groups is 1. The van der Waals surface area contributed by atoms with E-state index in [0.717, 1.165) is 0 Å². The Balaban J connectivity index is 3.29. The molecule has 0 aromatic carbocycles. The number of hydrogen-bond donors (Lipinski definition) is 3. The van der Waals surface area contributed by atoms with Gasteiger partial charge in [0.2, 0.25) is 0 Å². The molecule has 1 heterocycles.